The van der Waals surface area contributed by atoms with E-state index in [0.29, 0.717) is 6.42 Å². The van der Waals surface area contributed by atoms with E-state index in [-0.39, 0.29) is 6.61 Å². The molecule has 1 rings (SSSR count). The Labute approximate surface area is 91.7 Å². The number of nitrogens with one attached hydrogen (secondary N) is 1. The van der Waals surface area contributed by atoms with Crippen LogP contribution in [0.3, 0.4) is 0 Å². The first-order valence-electron chi connectivity index (χ1n) is 4.36. The van der Waals surface area contributed by atoms with Gasteiger partial charge in [0, 0.05) is 11.8 Å². The van der Waals surface area contributed by atoms with Gasteiger partial charge in [0.1, 0.15) is 12.1 Å². The Morgan fingerprint density at radius 1 is 1.87 bits per heavy atom. The molecule has 0 amide bonds. The average molecular weight is 225 g/mol. The van der Waals surface area contributed by atoms with E-state index in [4.69, 9.17) is 10.00 Å². The summed E-state index contributed by atoms with van der Waals surface area (Å²) in [6.07, 6.45) is 0.476. The molecule has 1 N–H and O–H groups in total. The van der Waals surface area contributed by atoms with Crippen molar-refractivity contribution < 1.29 is 9.53 Å². The summed E-state index contributed by atoms with van der Waals surface area (Å²) < 4.78 is 4.71. The molecular formula is C9H11N3O2S. The molecule has 1 aromatic heterocycles. The number of nitriles is 1. The van der Waals surface area contributed by atoms with E-state index in [1.807, 2.05) is 5.38 Å². The first-order valence-corrected chi connectivity index (χ1v) is 5.30. The molecule has 0 aliphatic rings. The predicted molar refractivity (Wildman–Crippen MR) is 55.2 cm³/mol. The van der Waals surface area contributed by atoms with Crippen molar-refractivity contribution in [1.82, 2.24) is 10.3 Å². The van der Waals surface area contributed by atoms with Crippen molar-refractivity contribution >= 4 is 17.3 Å². The number of carbonyl (C=O) groups excluding carboxylic acids is 1. The minimum atomic E-state index is -0.444. The van der Waals surface area contributed by atoms with Gasteiger partial charge in [-0.25, -0.2) is 4.98 Å². The Morgan fingerprint density at radius 3 is 3.20 bits per heavy atom. The Hall–Kier alpha value is -1.45. The van der Waals surface area contributed by atoms with Crippen LogP contribution in [-0.2, 0) is 16.0 Å². The summed E-state index contributed by atoms with van der Waals surface area (Å²) >= 11 is 1.48. The molecule has 0 fully saturated rings. The highest BCUT2D eigenvalue weighted by Gasteiger charge is 2.18. The number of hydrogen-bond donors (Lipinski definition) is 1. The van der Waals surface area contributed by atoms with E-state index in [0.717, 1.165) is 5.69 Å². The fourth-order valence-electron chi connectivity index (χ4n) is 1.05. The number of likely N-dealkylation sites (N-methyl/N-ethyl adjacent to an activating group) is 1. The van der Waals surface area contributed by atoms with Crippen molar-refractivity contribution in [2.24, 2.45) is 0 Å². The highest BCUT2D eigenvalue weighted by Crippen LogP contribution is 2.05. The summed E-state index contributed by atoms with van der Waals surface area (Å²) in [6, 6.07) is 1.31. The van der Waals surface area contributed by atoms with Crippen LogP contribution in [0.2, 0.25) is 0 Å². The van der Waals surface area contributed by atoms with Gasteiger partial charge in [-0.05, 0) is 7.05 Å². The quantitative estimate of drug-likeness (QED) is 0.731. The van der Waals surface area contributed by atoms with Crippen molar-refractivity contribution in [3.05, 3.63) is 16.6 Å². The van der Waals surface area contributed by atoms with E-state index in [1.54, 1.807) is 18.6 Å². The first-order chi connectivity index (χ1) is 7.27. The van der Waals surface area contributed by atoms with Gasteiger partial charge in [-0.3, -0.25) is 4.79 Å². The molecule has 0 unspecified atom stereocenters. The lowest BCUT2D eigenvalue weighted by Gasteiger charge is -2.12. The summed E-state index contributed by atoms with van der Waals surface area (Å²) in [4.78, 5) is 15.5. The van der Waals surface area contributed by atoms with Crippen LogP contribution in [0.1, 0.15) is 5.69 Å². The SMILES string of the molecule is CN[C@@H](Cc1cscn1)C(=O)OCC#N. The fraction of sp³-hybridized carbons (Fsp3) is 0.444. The van der Waals surface area contributed by atoms with Gasteiger partial charge in [-0.1, -0.05) is 0 Å². The Balaban J connectivity index is 2.49. The molecule has 0 aliphatic carbocycles. The summed E-state index contributed by atoms with van der Waals surface area (Å²) in [6.45, 7) is -0.214. The molecule has 0 bridgehead atoms. The summed E-state index contributed by atoms with van der Waals surface area (Å²) in [5.41, 5.74) is 2.55. The molecular weight excluding hydrogens is 214 g/mol. The molecule has 0 saturated carbocycles. The minimum absolute atomic E-state index is 0.214. The standard InChI is InChI=1S/C9H11N3O2S/c1-11-8(9(13)14-3-2-10)4-7-5-15-6-12-7/h5-6,8,11H,3-4H2,1H3/t8-/m0/s1. The van der Waals surface area contributed by atoms with Crippen LogP contribution >= 0.6 is 11.3 Å². The molecule has 80 valence electrons. The maximum atomic E-state index is 11.4. The summed E-state index contributed by atoms with van der Waals surface area (Å²) in [5.74, 6) is -0.424. The van der Waals surface area contributed by atoms with Crippen LogP contribution in [0, 0.1) is 11.3 Å². The van der Waals surface area contributed by atoms with Gasteiger partial charge in [0.05, 0.1) is 11.2 Å². The highest BCUT2D eigenvalue weighted by atomic mass is 32.1. The molecule has 5 nitrogen and oxygen atoms in total. The number of nitrogens with zero attached hydrogens (tertiary/aromatic N) is 2. The minimum Gasteiger partial charge on any atom is -0.449 e. The largest absolute Gasteiger partial charge is 0.449 e. The molecule has 0 aromatic carbocycles. The average Bonchev–Trinajstić information content (AvgIpc) is 2.75. The van der Waals surface area contributed by atoms with Gasteiger partial charge < -0.3 is 10.1 Å². The summed E-state index contributed by atoms with van der Waals surface area (Å²) in [7, 11) is 1.67. The zero-order chi connectivity index (χ0) is 11.1. The predicted octanol–water partition coefficient (Wildman–Crippen LogP) is 0.340. The van der Waals surface area contributed by atoms with E-state index in [9.17, 15) is 4.79 Å². The molecule has 0 aliphatic heterocycles. The van der Waals surface area contributed by atoms with Crippen molar-refractivity contribution in [3.63, 3.8) is 0 Å². The topological polar surface area (TPSA) is 75.0 Å². The molecule has 15 heavy (non-hydrogen) atoms. The third kappa shape index (κ3) is 3.65. The van der Waals surface area contributed by atoms with Crippen LogP contribution < -0.4 is 5.32 Å². The van der Waals surface area contributed by atoms with Gasteiger partial charge in [0.15, 0.2) is 6.61 Å². The van der Waals surface area contributed by atoms with Crippen LogP contribution in [0.4, 0.5) is 0 Å². The van der Waals surface area contributed by atoms with Crippen LogP contribution in [0.15, 0.2) is 10.9 Å². The molecule has 0 saturated heterocycles. The Morgan fingerprint density at radius 2 is 2.67 bits per heavy atom. The van der Waals surface area contributed by atoms with Gasteiger partial charge >= 0.3 is 5.97 Å². The molecule has 1 aromatic rings. The van der Waals surface area contributed by atoms with Crippen molar-refractivity contribution in [3.8, 4) is 6.07 Å². The van der Waals surface area contributed by atoms with Gasteiger partial charge in [0.2, 0.25) is 0 Å². The molecule has 0 radical (unpaired) electrons. The van der Waals surface area contributed by atoms with Crippen LogP contribution in [-0.4, -0.2) is 30.6 Å². The fourth-order valence-corrected chi connectivity index (χ4v) is 1.63. The Kier molecular flexibility index (Phi) is 4.74. The van der Waals surface area contributed by atoms with E-state index < -0.39 is 12.0 Å². The lowest BCUT2D eigenvalue weighted by molar-refractivity contribution is -0.144. The maximum Gasteiger partial charge on any atom is 0.324 e. The second-order valence-electron chi connectivity index (χ2n) is 2.79. The molecule has 0 spiro atoms. The number of thiazole rings is 1. The third-order valence-electron chi connectivity index (χ3n) is 1.81. The second kappa shape index (κ2) is 6.11. The van der Waals surface area contributed by atoms with Crippen LogP contribution in [0.5, 0.6) is 0 Å². The van der Waals surface area contributed by atoms with Crippen LogP contribution in [0.25, 0.3) is 0 Å². The Bertz CT molecular complexity index is 345. The summed E-state index contributed by atoms with van der Waals surface area (Å²) in [5, 5.41) is 13.0. The van der Waals surface area contributed by atoms with E-state index in [2.05, 4.69) is 10.3 Å². The normalized spacial score (nSPS) is 11.7. The number of rotatable bonds is 5. The second-order valence-corrected chi connectivity index (χ2v) is 3.51. The zero-order valence-electron chi connectivity index (χ0n) is 8.27. The lowest BCUT2D eigenvalue weighted by Crippen LogP contribution is -2.37. The molecule has 1 heterocycles. The van der Waals surface area contributed by atoms with Crippen molar-refractivity contribution in [2.75, 3.05) is 13.7 Å². The van der Waals surface area contributed by atoms with Gasteiger partial charge in [0.25, 0.3) is 0 Å². The number of ether oxygens (including phenoxy) is 1. The number of hydrogen-bond acceptors (Lipinski definition) is 6. The van der Waals surface area contributed by atoms with E-state index >= 15 is 0 Å². The molecule has 1 atom stereocenters. The zero-order valence-corrected chi connectivity index (χ0v) is 9.08. The van der Waals surface area contributed by atoms with Crippen molar-refractivity contribution in [1.29, 1.82) is 5.26 Å². The number of carbonyl (C=O) groups is 1. The lowest BCUT2D eigenvalue weighted by atomic mass is 10.2. The highest BCUT2D eigenvalue weighted by molar-refractivity contribution is 7.07. The third-order valence-corrected chi connectivity index (χ3v) is 2.44. The van der Waals surface area contributed by atoms with Crippen molar-refractivity contribution in [2.45, 2.75) is 12.5 Å². The number of esters is 1. The first kappa shape index (κ1) is 11.6. The van der Waals surface area contributed by atoms with Gasteiger partial charge in [-0.15, -0.1) is 11.3 Å². The maximum absolute atomic E-state index is 11.4. The monoisotopic (exact) mass is 225 g/mol. The molecule has 6 heteroatoms. The number of aromatic nitrogens is 1. The van der Waals surface area contributed by atoms with Gasteiger partial charge in [-0.2, -0.15) is 5.26 Å². The van der Waals surface area contributed by atoms with E-state index in [1.165, 1.54) is 11.3 Å². The smallest absolute Gasteiger partial charge is 0.324 e.